The van der Waals surface area contributed by atoms with E-state index in [2.05, 4.69) is 12.2 Å². The van der Waals surface area contributed by atoms with Crippen LogP contribution >= 0.6 is 0 Å². The highest BCUT2D eigenvalue weighted by molar-refractivity contribution is 5.83. The van der Waals surface area contributed by atoms with Crippen molar-refractivity contribution in [2.75, 3.05) is 6.54 Å². The van der Waals surface area contributed by atoms with Crippen LogP contribution in [0.1, 0.15) is 30.5 Å². The SMILES string of the molecule is CCc1ccc(CC(=O)NCC(C)(C(=O)O)c2ccccc2)cc1. The molecule has 1 atom stereocenters. The van der Waals surface area contributed by atoms with Gasteiger partial charge < -0.3 is 10.4 Å². The first-order chi connectivity index (χ1) is 11.5. The lowest BCUT2D eigenvalue weighted by Gasteiger charge is -2.25. The molecule has 0 spiro atoms. The average molecular weight is 325 g/mol. The molecule has 0 saturated heterocycles. The standard InChI is InChI=1S/C20H23NO3/c1-3-15-9-11-16(12-10-15)13-18(22)21-14-20(2,19(23)24)17-7-5-4-6-8-17/h4-12H,3,13-14H2,1-2H3,(H,21,22)(H,23,24). The maximum absolute atomic E-state index is 12.2. The van der Waals surface area contributed by atoms with Crippen LogP contribution in [0.4, 0.5) is 0 Å². The molecule has 0 aliphatic carbocycles. The summed E-state index contributed by atoms with van der Waals surface area (Å²) in [7, 11) is 0. The zero-order valence-corrected chi connectivity index (χ0v) is 14.1. The van der Waals surface area contributed by atoms with Gasteiger partial charge in [0, 0.05) is 6.54 Å². The van der Waals surface area contributed by atoms with E-state index in [0.717, 1.165) is 12.0 Å². The van der Waals surface area contributed by atoms with Crippen molar-refractivity contribution < 1.29 is 14.7 Å². The van der Waals surface area contributed by atoms with Gasteiger partial charge in [0.25, 0.3) is 0 Å². The minimum atomic E-state index is -1.15. The molecule has 2 aromatic carbocycles. The Bertz CT molecular complexity index is 695. The number of aryl methyl sites for hydroxylation is 1. The average Bonchev–Trinajstić information content (AvgIpc) is 2.61. The Hall–Kier alpha value is -2.62. The molecule has 0 saturated carbocycles. The lowest BCUT2D eigenvalue weighted by molar-refractivity contribution is -0.143. The van der Waals surface area contributed by atoms with Crippen LogP contribution in [0.25, 0.3) is 0 Å². The van der Waals surface area contributed by atoms with Crippen molar-refractivity contribution in [1.82, 2.24) is 5.32 Å². The topological polar surface area (TPSA) is 66.4 Å². The highest BCUT2D eigenvalue weighted by atomic mass is 16.4. The Balaban J connectivity index is 2.01. The molecule has 126 valence electrons. The number of hydrogen-bond acceptors (Lipinski definition) is 2. The van der Waals surface area contributed by atoms with Crippen molar-refractivity contribution in [1.29, 1.82) is 0 Å². The second-order valence-corrected chi connectivity index (χ2v) is 6.13. The number of benzene rings is 2. The van der Waals surface area contributed by atoms with E-state index in [0.29, 0.717) is 5.56 Å². The van der Waals surface area contributed by atoms with Gasteiger partial charge in [0.1, 0.15) is 5.41 Å². The Labute approximate surface area is 142 Å². The highest BCUT2D eigenvalue weighted by Crippen LogP contribution is 2.23. The minimum Gasteiger partial charge on any atom is -0.481 e. The van der Waals surface area contributed by atoms with Crippen molar-refractivity contribution in [2.45, 2.75) is 32.1 Å². The maximum atomic E-state index is 12.2. The minimum absolute atomic E-state index is 0.0538. The van der Waals surface area contributed by atoms with Gasteiger partial charge in [0.2, 0.25) is 5.91 Å². The molecule has 1 amide bonds. The second kappa shape index (κ2) is 7.77. The lowest BCUT2D eigenvalue weighted by atomic mass is 9.82. The summed E-state index contributed by atoms with van der Waals surface area (Å²) in [4.78, 5) is 23.9. The van der Waals surface area contributed by atoms with Gasteiger partial charge in [0.05, 0.1) is 6.42 Å². The summed E-state index contributed by atoms with van der Waals surface area (Å²) in [5, 5.41) is 12.4. The highest BCUT2D eigenvalue weighted by Gasteiger charge is 2.35. The van der Waals surface area contributed by atoms with E-state index >= 15 is 0 Å². The molecule has 0 fully saturated rings. The van der Waals surface area contributed by atoms with Gasteiger partial charge in [0.15, 0.2) is 0 Å². The van der Waals surface area contributed by atoms with E-state index in [4.69, 9.17) is 0 Å². The predicted molar refractivity (Wildman–Crippen MR) is 94.0 cm³/mol. The van der Waals surface area contributed by atoms with Gasteiger partial charge in [-0.25, -0.2) is 0 Å². The van der Waals surface area contributed by atoms with Crippen molar-refractivity contribution in [3.05, 3.63) is 71.3 Å². The number of carbonyl (C=O) groups is 2. The fourth-order valence-electron chi connectivity index (χ4n) is 2.52. The largest absolute Gasteiger partial charge is 0.481 e. The fourth-order valence-corrected chi connectivity index (χ4v) is 2.52. The lowest BCUT2D eigenvalue weighted by Crippen LogP contribution is -2.44. The van der Waals surface area contributed by atoms with Crippen LogP contribution in [0.5, 0.6) is 0 Å². The number of nitrogens with one attached hydrogen (secondary N) is 1. The molecular weight excluding hydrogens is 302 g/mol. The molecule has 0 aliphatic rings. The van der Waals surface area contributed by atoms with Crippen LogP contribution in [-0.4, -0.2) is 23.5 Å². The first-order valence-electron chi connectivity index (χ1n) is 8.09. The number of rotatable bonds is 7. The van der Waals surface area contributed by atoms with E-state index in [1.165, 1.54) is 5.56 Å². The molecule has 4 heteroatoms. The molecule has 0 radical (unpaired) electrons. The Kier molecular flexibility index (Phi) is 5.74. The molecule has 4 nitrogen and oxygen atoms in total. The van der Waals surface area contributed by atoms with E-state index in [-0.39, 0.29) is 18.9 Å². The number of hydrogen-bond donors (Lipinski definition) is 2. The maximum Gasteiger partial charge on any atom is 0.315 e. The first kappa shape index (κ1) is 17.7. The van der Waals surface area contributed by atoms with Crippen molar-refractivity contribution in [3.63, 3.8) is 0 Å². The molecule has 0 aromatic heterocycles. The Morgan fingerprint density at radius 2 is 1.58 bits per heavy atom. The number of aliphatic carboxylic acids is 1. The Morgan fingerprint density at radius 3 is 2.12 bits per heavy atom. The van der Waals surface area contributed by atoms with E-state index < -0.39 is 11.4 Å². The van der Waals surface area contributed by atoms with Gasteiger partial charge >= 0.3 is 5.97 Å². The summed E-state index contributed by atoms with van der Waals surface area (Å²) in [6, 6.07) is 16.9. The van der Waals surface area contributed by atoms with Crippen molar-refractivity contribution in [2.24, 2.45) is 0 Å². The van der Waals surface area contributed by atoms with E-state index in [1.54, 1.807) is 31.2 Å². The number of carboxylic acids is 1. The number of carbonyl (C=O) groups excluding carboxylic acids is 1. The summed E-state index contributed by atoms with van der Waals surface area (Å²) in [5.41, 5.74) is 1.66. The zero-order valence-electron chi connectivity index (χ0n) is 14.1. The summed E-state index contributed by atoms with van der Waals surface area (Å²) >= 11 is 0. The van der Waals surface area contributed by atoms with Crippen molar-refractivity contribution in [3.8, 4) is 0 Å². The van der Waals surface area contributed by atoms with E-state index in [9.17, 15) is 14.7 Å². The first-order valence-corrected chi connectivity index (χ1v) is 8.09. The van der Waals surface area contributed by atoms with Crippen LogP contribution in [0, 0.1) is 0 Å². The molecule has 2 N–H and O–H groups in total. The predicted octanol–water partition coefficient (Wildman–Crippen LogP) is 2.95. The summed E-state index contributed by atoms with van der Waals surface area (Å²) in [6.07, 6.45) is 1.20. The molecule has 0 heterocycles. The van der Waals surface area contributed by atoms with Gasteiger partial charge in [-0.1, -0.05) is 61.5 Å². The second-order valence-electron chi connectivity index (χ2n) is 6.13. The summed E-state index contributed by atoms with van der Waals surface area (Å²) in [6.45, 7) is 3.76. The third-order valence-electron chi connectivity index (χ3n) is 4.32. The fraction of sp³-hybridized carbons (Fsp3) is 0.300. The third kappa shape index (κ3) is 4.22. The summed E-state index contributed by atoms with van der Waals surface area (Å²) in [5.74, 6) is -1.14. The normalized spacial score (nSPS) is 13.1. The monoisotopic (exact) mass is 325 g/mol. The number of carboxylic acid groups (broad SMARTS) is 1. The quantitative estimate of drug-likeness (QED) is 0.822. The van der Waals surface area contributed by atoms with Gasteiger partial charge in [-0.15, -0.1) is 0 Å². The molecule has 2 rings (SSSR count). The van der Waals surface area contributed by atoms with Crippen LogP contribution < -0.4 is 5.32 Å². The van der Waals surface area contributed by atoms with Gasteiger partial charge in [-0.05, 0) is 30.0 Å². The zero-order chi connectivity index (χ0) is 17.6. The van der Waals surface area contributed by atoms with Gasteiger partial charge in [-0.2, -0.15) is 0 Å². The van der Waals surface area contributed by atoms with Crippen LogP contribution in [0.3, 0.4) is 0 Å². The molecule has 2 aromatic rings. The smallest absolute Gasteiger partial charge is 0.315 e. The van der Waals surface area contributed by atoms with Crippen LogP contribution in [-0.2, 0) is 27.8 Å². The summed E-state index contributed by atoms with van der Waals surface area (Å²) < 4.78 is 0. The van der Waals surface area contributed by atoms with Crippen LogP contribution in [0.2, 0.25) is 0 Å². The molecule has 0 bridgehead atoms. The molecule has 24 heavy (non-hydrogen) atoms. The van der Waals surface area contributed by atoms with Crippen LogP contribution in [0.15, 0.2) is 54.6 Å². The molecule has 0 aliphatic heterocycles. The van der Waals surface area contributed by atoms with Crippen molar-refractivity contribution >= 4 is 11.9 Å². The Morgan fingerprint density at radius 1 is 1.00 bits per heavy atom. The molecule has 1 unspecified atom stereocenters. The number of amides is 1. The van der Waals surface area contributed by atoms with Gasteiger partial charge in [-0.3, -0.25) is 9.59 Å². The third-order valence-corrected chi connectivity index (χ3v) is 4.32. The van der Waals surface area contributed by atoms with E-state index in [1.807, 2.05) is 30.3 Å². The molecular formula is C20H23NO3.